The Balaban J connectivity index is 2.04. The molecule has 28 heavy (non-hydrogen) atoms. The standard InChI is InChI=1S/C18H18F2N2O5S/c1-11(17(23)21-16-9-6-13(19)10-15(16)20)27-18(24)12-4-7-14(8-5-12)28(25,26)22(2)3/h4-11H,1-3H3,(H,21,23). The van der Waals surface area contributed by atoms with E-state index in [1.165, 1.54) is 45.3 Å². The minimum absolute atomic E-state index is 0.00775. The molecule has 0 spiro atoms. The van der Waals surface area contributed by atoms with E-state index in [0.29, 0.717) is 6.07 Å². The fraction of sp³-hybridized carbons (Fsp3) is 0.222. The summed E-state index contributed by atoms with van der Waals surface area (Å²) < 4.78 is 56.5. The Labute approximate surface area is 161 Å². The highest BCUT2D eigenvalue weighted by Crippen LogP contribution is 2.17. The number of nitrogens with one attached hydrogen (secondary N) is 1. The first kappa shape index (κ1) is 21.5. The lowest BCUT2D eigenvalue weighted by Gasteiger charge is -2.14. The SMILES string of the molecule is CC(OC(=O)c1ccc(S(=O)(=O)N(C)C)cc1)C(=O)Nc1ccc(F)cc1F. The average Bonchev–Trinajstić information content (AvgIpc) is 2.63. The largest absolute Gasteiger partial charge is 0.449 e. The molecule has 150 valence electrons. The van der Waals surface area contributed by atoms with E-state index in [9.17, 15) is 26.8 Å². The van der Waals surface area contributed by atoms with Gasteiger partial charge in [0, 0.05) is 20.2 Å². The van der Waals surface area contributed by atoms with Crippen molar-refractivity contribution >= 4 is 27.6 Å². The molecule has 1 unspecified atom stereocenters. The Bertz CT molecular complexity index is 992. The molecule has 0 radical (unpaired) electrons. The van der Waals surface area contributed by atoms with Crippen LogP contribution < -0.4 is 5.32 Å². The van der Waals surface area contributed by atoms with E-state index >= 15 is 0 Å². The summed E-state index contributed by atoms with van der Waals surface area (Å²) in [5.74, 6) is -3.44. The van der Waals surface area contributed by atoms with Crippen molar-refractivity contribution in [3.05, 3.63) is 59.7 Å². The van der Waals surface area contributed by atoms with Gasteiger partial charge in [0.05, 0.1) is 16.1 Å². The van der Waals surface area contributed by atoms with Crippen LogP contribution in [0.5, 0.6) is 0 Å². The van der Waals surface area contributed by atoms with Gasteiger partial charge in [-0.3, -0.25) is 4.79 Å². The predicted molar refractivity (Wildman–Crippen MR) is 97.2 cm³/mol. The number of carbonyl (C=O) groups is 2. The highest BCUT2D eigenvalue weighted by Gasteiger charge is 2.22. The van der Waals surface area contributed by atoms with Gasteiger partial charge in [0.25, 0.3) is 5.91 Å². The van der Waals surface area contributed by atoms with Crippen LogP contribution in [0.4, 0.5) is 14.5 Å². The summed E-state index contributed by atoms with van der Waals surface area (Å²) in [5.41, 5.74) is -0.224. The molecule has 0 heterocycles. The number of benzene rings is 2. The van der Waals surface area contributed by atoms with Crippen LogP contribution in [0.1, 0.15) is 17.3 Å². The van der Waals surface area contributed by atoms with Crippen LogP contribution in [0.15, 0.2) is 47.4 Å². The summed E-state index contributed by atoms with van der Waals surface area (Å²) in [6.45, 7) is 1.28. The molecule has 0 aliphatic carbocycles. The van der Waals surface area contributed by atoms with Gasteiger partial charge in [0.1, 0.15) is 11.6 Å². The van der Waals surface area contributed by atoms with Crippen molar-refractivity contribution in [3.8, 4) is 0 Å². The Morgan fingerprint density at radius 2 is 1.68 bits per heavy atom. The molecule has 10 heteroatoms. The molecule has 0 aliphatic heterocycles. The summed E-state index contributed by atoms with van der Waals surface area (Å²) in [4.78, 5) is 24.2. The summed E-state index contributed by atoms with van der Waals surface area (Å²) in [6.07, 6.45) is -1.28. The molecule has 0 aromatic heterocycles. The number of rotatable bonds is 6. The number of carbonyl (C=O) groups excluding carboxylic acids is 2. The molecule has 0 fully saturated rings. The zero-order valence-electron chi connectivity index (χ0n) is 15.3. The molecule has 0 aliphatic rings. The van der Waals surface area contributed by atoms with Gasteiger partial charge in [-0.05, 0) is 43.3 Å². The lowest BCUT2D eigenvalue weighted by molar-refractivity contribution is -0.123. The minimum atomic E-state index is -3.64. The maximum absolute atomic E-state index is 13.6. The van der Waals surface area contributed by atoms with E-state index in [1.807, 2.05) is 0 Å². The van der Waals surface area contributed by atoms with Gasteiger partial charge < -0.3 is 10.1 Å². The average molecular weight is 412 g/mol. The first-order chi connectivity index (χ1) is 13.0. The van der Waals surface area contributed by atoms with Crippen LogP contribution in [0, 0.1) is 11.6 Å². The quantitative estimate of drug-likeness (QED) is 0.736. The van der Waals surface area contributed by atoms with Gasteiger partial charge in [-0.25, -0.2) is 26.3 Å². The van der Waals surface area contributed by atoms with E-state index in [0.717, 1.165) is 16.4 Å². The molecule has 7 nitrogen and oxygen atoms in total. The van der Waals surface area contributed by atoms with Crippen molar-refractivity contribution < 1.29 is 31.5 Å². The third kappa shape index (κ3) is 4.90. The lowest BCUT2D eigenvalue weighted by Crippen LogP contribution is -2.30. The second-order valence-corrected chi connectivity index (χ2v) is 8.12. The zero-order valence-corrected chi connectivity index (χ0v) is 16.1. The van der Waals surface area contributed by atoms with Gasteiger partial charge in [-0.2, -0.15) is 0 Å². The fourth-order valence-electron chi connectivity index (χ4n) is 2.08. The monoisotopic (exact) mass is 412 g/mol. The summed E-state index contributed by atoms with van der Waals surface area (Å²) in [6, 6.07) is 7.61. The molecule has 0 saturated carbocycles. The number of esters is 1. The van der Waals surface area contributed by atoms with E-state index in [4.69, 9.17) is 4.74 Å². The van der Waals surface area contributed by atoms with Crippen LogP contribution in [0.3, 0.4) is 0 Å². The number of ether oxygens (including phenoxy) is 1. The van der Waals surface area contributed by atoms with Crippen molar-refractivity contribution in [2.75, 3.05) is 19.4 Å². The van der Waals surface area contributed by atoms with Crippen LogP contribution >= 0.6 is 0 Å². The summed E-state index contributed by atoms with van der Waals surface area (Å²) in [7, 11) is -0.889. The van der Waals surface area contributed by atoms with Gasteiger partial charge in [0.15, 0.2) is 6.10 Å². The Morgan fingerprint density at radius 3 is 2.21 bits per heavy atom. The highest BCUT2D eigenvalue weighted by atomic mass is 32.2. The Hall–Kier alpha value is -2.85. The predicted octanol–water partition coefficient (Wildman–Crippen LogP) is 2.40. The van der Waals surface area contributed by atoms with Crippen molar-refractivity contribution in [2.24, 2.45) is 0 Å². The van der Waals surface area contributed by atoms with E-state index in [-0.39, 0.29) is 16.1 Å². The number of nitrogens with zero attached hydrogens (tertiary/aromatic N) is 1. The summed E-state index contributed by atoms with van der Waals surface area (Å²) in [5, 5.41) is 2.19. The third-order valence-corrected chi connectivity index (χ3v) is 5.54. The maximum Gasteiger partial charge on any atom is 0.338 e. The zero-order chi connectivity index (χ0) is 21.1. The Morgan fingerprint density at radius 1 is 1.07 bits per heavy atom. The normalized spacial score (nSPS) is 12.5. The van der Waals surface area contributed by atoms with Gasteiger partial charge >= 0.3 is 5.97 Å². The lowest BCUT2D eigenvalue weighted by atomic mass is 10.2. The van der Waals surface area contributed by atoms with Crippen molar-refractivity contribution in [1.82, 2.24) is 4.31 Å². The molecular formula is C18H18F2N2O5S. The minimum Gasteiger partial charge on any atom is -0.449 e. The van der Waals surface area contributed by atoms with Gasteiger partial charge in [-0.15, -0.1) is 0 Å². The molecule has 0 saturated heterocycles. The van der Waals surface area contributed by atoms with Crippen LogP contribution in [0.2, 0.25) is 0 Å². The third-order valence-electron chi connectivity index (χ3n) is 3.71. The van der Waals surface area contributed by atoms with Crippen molar-refractivity contribution in [3.63, 3.8) is 0 Å². The number of hydrogen-bond donors (Lipinski definition) is 1. The van der Waals surface area contributed by atoms with E-state index in [2.05, 4.69) is 5.32 Å². The summed E-state index contributed by atoms with van der Waals surface area (Å²) >= 11 is 0. The molecule has 2 aromatic rings. The highest BCUT2D eigenvalue weighted by molar-refractivity contribution is 7.89. The first-order valence-corrected chi connectivity index (χ1v) is 9.46. The molecule has 1 amide bonds. The molecule has 0 bridgehead atoms. The number of hydrogen-bond acceptors (Lipinski definition) is 5. The number of halogens is 2. The second-order valence-electron chi connectivity index (χ2n) is 5.97. The van der Waals surface area contributed by atoms with Crippen LogP contribution in [-0.4, -0.2) is 44.8 Å². The molecule has 1 atom stereocenters. The van der Waals surface area contributed by atoms with Gasteiger partial charge in [0.2, 0.25) is 10.0 Å². The molecule has 2 aromatic carbocycles. The maximum atomic E-state index is 13.6. The van der Waals surface area contributed by atoms with Crippen LogP contribution in [-0.2, 0) is 19.6 Å². The smallest absolute Gasteiger partial charge is 0.338 e. The fourth-order valence-corrected chi connectivity index (χ4v) is 2.98. The van der Waals surface area contributed by atoms with E-state index in [1.54, 1.807) is 0 Å². The second kappa shape index (κ2) is 8.44. The Kier molecular flexibility index (Phi) is 6.47. The molecule has 2 rings (SSSR count). The first-order valence-electron chi connectivity index (χ1n) is 8.02. The van der Waals surface area contributed by atoms with E-state index < -0.39 is 39.6 Å². The number of sulfonamides is 1. The van der Waals surface area contributed by atoms with Crippen molar-refractivity contribution in [1.29, 1.82) is 0 Å². The van der Waals surface area contributed by atoms with Crippen molar-refractivity contribution in [2.45, 2.75) is 17.9 Å². The molecule has 1 N–H and O–H groups in total. The molecular weight excluding hydrogens is 394 g/mol. The van der Waals surface area contributed by atoms with Crippen LogP contribution in [0.25, 0.3) is 0 Å². The number of anilines is 1. The van der Waals surface area contributed by atoms with Gasteiger partial charge in [-0.1, -0.05) is 0 Å². The number of amides is 1. The topological polar surface area (TPSA) is 92.8 Å².